The number of nitrogen functional groups attached to an aromatic ring is 1. The molecule has 104 valence electrons. The van der Waals surface area contributed by atoms with Gasteiger partial charge in [0.1, 0.15) is 5.82 Å². The molecule has 1 heterocycles. The highest BCUT2D eigenvalue weighted by Gasteiger charge is 2.22. The summed E-state index contributed by atoms with van der Waals surface area (Å²) in [6, 6.07) is 18.9. The smallest absolute Gasteiger partial charge is 0.150 e. The summed E-state index contributed by atoms with van der Waals surface area (Å²) in [7, 11) is 0. The van der Waals surface area contributed by atoms with Gasteiger partial charge in [-0.25, -0.2) is 4.98 Å². The second kappa shape index (κ2) is 4.77. The molecule has 2 aromatic carbocycles. The number of aryl methyl sites for hydroxylation is 1. The summed E-state index contributed by atoms with van der Waals surface area (Å²) < 4.78 is 0. The van der Waals surface area contributed by atoms with Crippen molar-refractivity contribution in [1.82, 2.24) is 4.98 Å². The average molecular weight is 275 g/mol. The van der Waals surface area contributed by atoms with Crippen LogP contribution in [0.5, 0.6) is 0 Å². The molecular formula is C18H17N3. The van der Waals surface area contributed by atoms with Crippen LogP contribution in [-0.2, 0) is 6.42 Å². The fraction of sp³-hybridized carbons (Fsp3) is 0.167. The molecule has 4 rings (SSSR count). The van der Waals surface area contributed by atoms with Crippen molar-refractivity contribution in [2.75, 3.05) is 11.1 Å². The van der Waals surface area contributed by atoms with Gasteiger partial charge < -0.3 is 11.1 Å². The predicted molar refractivity (Wildman–Crippen MR) is 87.3 cm³/mol. The van der Waals surface area contributed by atoms with Crippen LogP contribution in [-0.4, -0.2) is 4.98 Å². The third-order valence-corrected chi connectivity index (χ3v) is 4.20. The molecule has 1 atom stereocenters. The second-order valence-corrected chi connectivity index (χ2v) is 5.55. The Morgan fingerprint density at radius 2 is 1.86 bits per heavy atom. The predicted octanol–water partition coefficient (Wildman–Crippen LogP) is 3.92. The Hall–Kier alpha value is -2.55. The number of fused-ring (bicyclic) bond motifs is 2. The van der Waals surface area contributed by atoms with Crippen LogP contribution in [0.25, 0.3) is 10.9 Å². The summed E-state index contributed by atoms with van der Waals surface area (Å²) in [6.07, 6.45) is 2.20. The number of aromatic nitrogens is 1. The van der Waals surface area contributed by atoms with Gasteiger partial charge in [0.25, 0.3) is 0 Å². The van der Waals surface area contributed by atoms with E-state index < -0.39 is 0 Å². The van der Waals surface area contributed by atoms with Gasteiger partial charge in [-0.1, -0.05) is 42.5 Å². The summed E-state index contributed by atoms with van der Waals surface area (Å²) in [5.41, 5.74) is 10.6. The number of hydrogen-bond donors (Lipinski definition) is 2. The van der Waals surface area contributed by atoms with Crippen LogP contribution < -0.4 is 11.1 Å². The number of hydrogen-bond acceptors (Lipinski definition) is 3. The quantitative estimate of drug-likeness (QED) is 0.745. The molecule has 0 bridgehead atoms. The monoisotopic (exact) mass is 275 g/mol. The Bertz CT molecular complexity index is 810. The van der Waals surface area contributed by atoms with E-state index in [1.54, 1.807) is 0 Å². The third-order valence-electron chi connectivity index (χ3n) is 4.20. The number of para-hydroxylation sites is 1. The van der Waals surface area contributed by atoms with Crippen LogP contribution in [0.3, 0.4) is 0 Å². The maximum absolute atomic E-state index is 6.16. The minimum atomic E-state index is 0.303. The van der Waals surface area contributed by atoms with Crippen LogP contribution in [0.1, 0.15) is 23.6 Å². The summed E-state index contributed by atoms with van der Waals surface area (Å²) in [6.45, 7) is 0. The van der Waals surface area contributed by atoms with Crippen molar-refractivity contribution in [1.29, 1.82) is 0 Å². The molecule has 1 unspecified atom stereocenters. The molecule has 3 N–H and O–H groups in total. The number of nitrogens with one attached hydrogen (secondary N) is 1. The molecule has 0 radical (unpaired) electrons. The van der Waals surface area contributed by atoms with Gasteiger partial charge in [0, 0.05) is 5.39 Å². The van der Waals surface area contributed by atoms with Gasteiger partial charge in [0.05, 0.1) is 17.2 Å². The van der Waals surface area contributed by atoms with Gasteiger partial charge in [-0.3, -0.25) is 0 Å². The zero-order valence-corrected chi connectivity index (χ0v) is 11.7. The molecule has 0 saturated carbocycles. The number of nitrogens with two attached hydrogens (primary N) is 1. The van der Waals surface area contributed by atoms with Crippen molar-refractivity contribution < 1.29 is 0 Å². The van der Waals surface area contributed by atoms with Gasteiger partial charge in [-0.15, -0.1) is 0 Å². The highest BCUT2D eigenvalue weighted by atomic mass is 15.0. The zero-order chi connectivity index (χ0) is 14.2. The topological polar surface area (TPSA) is 50.9 Å². The van der Waals surface area contributed by atoms with Crippen molar-refractivity contribution in [2.45, 2.75) is 18.9 Å². The van der Waals surface area contributed by atoms with Crippen LogP contribution in [0.2, 0.25) is 0 Å². The number of rotatable bonds is 2. The molecule has 0 aliphatic heterocycles. The van der Waals surface area contributed by atoms with E-state index in [4.69, 9.17) is 5.73 Å². The lowest BCUT2D eigenvalue weighted by Gasteiger charge is -2.16. The molecule has 1 aromatic heterocycles. The highest BCUT2D eigenvalue weighted by molar-refractivity contribution is 5.85. The molecule has 1 aliphatic rings. The second-order valence-electron chi connectivity index (χ2n) is 5.55. The van der Waals surface area contributed by atoms with E-state index in [1.807, 2.05) is 30.3 Å². The Morgan fingerprint density at radius 1 is 1.05 bits per heavy atom. The molecule has 3 nitrogen and oxygen atoms in total. The largest absolute Gasteiger partial charge is 0.396 e. The number of anilines is 2. The van der Waals surface area contributed by atoms with Crippen LogP contribution >= 0.6 is 0 Å². The fourth-order valence-corrected chi connectivity index (χ4v) is 3.12. The normalized spacial score (nSPS) is 16.9. The first-order valence-corrected chi connectivity index (χ1v) is 7.31. The number of pyridine rings is 1. The van der Waals surface area contributed by atoms with Gasteiger partial charge in [0.2, 0.25) is 0 Å². The Morgan fingerprint density at radius 3 is 2.81 bits per heavy atom. The molecule has 0 spiro atoms. The summed E-state index contributed by atoms with van der Waals surface area (Å²) >= 11 is 0. The fourth-order valence-electron chi connectivity index (χ4n) is 3.12. The van der Waals surface area contributed by atoms with Crippen molar-refractivity contribution >= 4 is 22.4 Å². The Balaban J connectivity index is 1.70. The first kappa shape index (κ1) is 12.2. The SMILES string of the molecule is Nc1cc2ccccc2nc1NC1CCc2ccccc21. The molecular weight excluding hydrogens is 258 g/mol. The molecule has 3 heteroatoms. The van der Waals surface area contributed by atoms with E-state index in [0.29, 0.717) is 11.7 Å². The van der Waals surface area contributed by atoms with Gasteiger partial charge >= 0.3 is 0 Å². The van der Waals surface area contributed by atoms with Crippen molar-refractivity contribution in [3.63, 3.8) is 0 Å². The lowest BCUT2D eigenvalue weighted by Crippen LogP contribution is -2.10. The van der Waals surface area contributed by atoms with E-state index in [-0.39, 0.29) is 0 Å². The lowest BCUT2D eigenvalue weighted by atomic mass is 10.1. The van der Waals surface area contributed by atoms with Crippen LogP contribution in [0.4, 0.5) is 11.5 Å². The Kier molecular flexibility index (Phi) is 2.78. The maximum Gasteiger partial charge on any atom is 0.150 e. The van der Waals surface area contributed by atoms with E-state index in [1.165, 1.54) is 11.1 Å². The number of nitrogens with zero attached hydrogens (tertiary/aromatic N) is 1. The lowest BCUT2D eigenvalue weighted by molar-refractivity contribution is 0.758. The zero-order valence-electron chi connectivity index (χ0n) is 11.7. The van der Waals surface area contributed by atoms with Crippen molar-refractivity contribution in [2.24, 2.45) is 0 Å². The first-order valence-electron chi connectivity index (χ1n) is 7.31. The van der Waals surface area contributed by atoms with E-state index in [2.05, 4.69) is 34.6 Å². The number of benzene rings is 2. The van der Waals surface area contributed by atoms with Crippen LogP contribution in [0.15, 0.2) is 54.6 Å². The van der Waals surface area contributed by atoms with Crippen molar-refractivity contribution in [3.8, 4) is 0 Å². The maximum atomic E-state index is 6.16. The van der Waals surface area contributed by atoms with E-state index in [9.17, 15) is 0 Å². The van der Waals surface area contributed by atoms with E-state index in [0.717, 1.165) is 29.6 Å². The molecule has 3 aromatic rings. The molecule has 0 amide bonds. The average Bonchev–Trinajstić information content (AvgIpc) is 2.91. The summed E-state index contributed by atoms with van der Waals surface area (Å²) in [5, 5.41) is 4.60. The molecule has 21 heavy (non-hydrogen) atoms. The Labute approximate surface area is 123 Å². The van der Waals surface area contributed by atoms with E-state index >= 15 is 0 Å². The van der Waals surface area contributed by atoms with Crippen molar-refractivity contribution in [3.05, 3.63) is 65.7 Å². The first-order chi connectivity index (χ1) is 10.3. The molecule has 1 aliphatic carbocycles. The minimum Gasteiger partial charge on any atom is -0.396 e. The van der Waals surface area contributed by atoms with Gasteiger partial charge in [-0.2, -0.15) is 0 Å². The standard InChI is InChI=1S/C18H17N3/c19-15-11-13-6-2-4-8-16(13)20-18(15)21-17-10-9-12-5-1-3-7-14(12)17/h1-8,11,17H,9-10,19H2,(H,20,21). The molecule has 0 saturated heterocycles. The summed E-state index contributed by atoms with van der Waals surface area (Å²) in [5.74, 6) is 0.787. The van der Waals surface area contributed by atoms with Crippen LogP contribution in [0, 0.1) is 0 Å². The van der Waals surface area contributed by atoms with Gasteiger partial charge in [-0.05, 0) is 36.1 Å². The van der Waals surface area contributed by atoms with Gasteiger partial charge in [0.15, 0.2) is 0 Å². The molecule has 0 fully saturated rings. The summed E-state index contributed by atoms with van der Waals surface area (Å²) in [4.78, 5) is 4.68. The highest BCUT2D eigenvalue weighted by Crippen LogP contribution is 2.35. The minimum absolute atomic E-state index is 0.303. The third kappa shape index (κ3) is 2.11.